The largest absolute Gasteiger partial charge is 0.463 e. The molecule has 4 aliphatic rings. The lowest BCUT2D eigenvalue weighted by atomic mass is 9.44. The molecule has 33 heavy (non-hydrogen) atoms. The van der Waals surface area contributed by atoms with Gasteiger partial charge in [-0.25, -0.2) is 0 Å². The van der Waals surface area contributed by atoms with E-state index in [1.807, 2.05) is 6.92 Å². The summed E-state index contributed by atoms with van der Waals surface area (Å²) in [6, 6.07) is 0. The highest BCUT2D eigenvalue weighted by Gasteiger charge is 2.68. The Bertz CT molecular complexity index is 808. The molecule has 0 aromatic heterocycles. The second-order valence-electron chi connectivity index (χ2n) is 11.9. The zero-order chi connectivity index (χ0) is 24.2. The van der Waals surface area contributed by atoms with Gasteiger partial charge in [0.25, 0.3) is 0 Å². The van der Waals surface area contributed by atoms with Gasteiger partial charge in [-0.3, -0.25) is 14.4 Å². The molecule has 9 atom stereocenters. The second-order valence-corrected chi connectivity index (χ2v) is 11.9. The summed E-state index contributed by atoms with van der Waals surface area (Å²) in [7, 11) is 0. The molecule has 0 heterocycles. The van der Waals surface area contributed by atoms with Crippen molar-refractivity contribution in [3.63, 3.8) is 0 Å². The van der Waals surface area contributed by atoms with Crippen molar-refractivity contribution in [2.75, 3.05) is 0 Å². The van der Waals surface area contributed by atoms with Crippen LogP contribution in [0.15, 0.2) is 0 Å². The van der Waals surface area contributed by atoms with Crippen LogP contribution in [-0.4, -0.2) is 35.7 Å². The Hall–Kier alpha value is -1.59. The van der Waals surface area contributed by atoms with Crippen molar-refractivity contribution >= 4 is 17.9 Å². The first-order valence-electron chi connectivity index (χ1n) is 13.0. The summed E-state index contributed by atoms with van der Waals surface area (Å²) >= 11 is 0. The van der Waals surface area contributed by atoms with Crippen molar-refractivity contribution in [2.24, 2.45) is 34.5 Å². The van der Waals surface area contributed by atoms with Crippen molar-refractivity contribution in [1.29, 1.82) is 0 Å². The zero-order valence-corrected chi connectivity index (χ0v) is 21.3. The zero-order valence-electron chi connectivity index (χ0n) is 21.3. The fraction of sp³-hybridized carbons (Fsp3) is 0.889. The molecular weight excluding hydrogens is 420 g/mol. The minimum Gasteiger partial charge on any atom is -0.463 e. The molecule has 4 saturated carbocycles. The topological polar surface area (TPSA) is 78.9 Å². The molecule has 0 unspecified atom stereocenters. The molecule has 0 aliphatic heterocycles. The summed E-state index contributed by atoms with van der Waals surface area (Å²) in [5.41, 5.74) is -0.688. The summed E-state index contributed by atoms with van der Waals surface area (Å²) in [4.78, 5) is 35.6. The number of carbonyl (C=O) groups is 3. The van der Waals surface area contributed by atoms with Gasteiger partial charge in [0.1, 0.15) is 12.2 Å². The Morgan fingerprint density at radius 3 is 2.15 bits per heavy atom. The summed E-state index contributed by atoms with van der Waals surface area (Å²) in [6.45, 7) is 11.1. The Balaban J connectivity index is 1.59. The SMILES string of the molecule is CC(=O)O[C@H]1CC[C@@]2(C)[C@@H](CC[C@H]3[C@H]2CC[C@@]2(C)[C@@H]3CC[C@@]2(OC(C)=O)[C@@H](C)OC(C)=O)C1. The fourth-order valence-corrected chi connectivity index (χ4v) is 9.11. The van der Waals surface area contributed by atoms with E-state index in [1.54, 1.807) is 0 Å². The third kappa shape index (κ3) is 3.89. The molecule has 0 radical (unpaired) electrons. The van der Waals surface area contributed by atoms with Crippen LogP contribution >= 0.6 is 0 Å². The molecule has 0 N–H and O–H groups in total. The van der Waals surface area contributed by atoms with Gasteiger partial charge in [0.05, 0.1) is 0 Å². The maximum atomic E-state index is 12.2. The van der Waals surface area contributed by atoms with Crippen molar-refractivity contribution in [3.05, 3.63) is 0 Å². The maximum Gasteiger partial charge on any atom is 0.303 e. The average molecular weight is 463 g/mol. The molecule has 0 aromatic rings. The van der Waals surface area contributed by atoms with Gasteiger partial charge in [-0.15, -0.1) is 0 Å². The van der Waals surface area contributed by atoms with Crippen molar-refractivity contribution < 1.29 is 28.6 Å². The Morgan fingerprint density at radius 2 is 1.52 bits per heavy atom. The minimum absolute atomic E-state index is 0.0682. The lowest BCUT2D eigenvalue weighted by Crippen LogP contribution is -2.61. The molecular formula is C27H42O6. The molecule has 4 aliphatic carbocycles. The van der Waals surface area contributed by atoms with Crippen LogP contribution in [0, 0.1) is 34.5 Å². The van der Waals surface area contributed by atoms with Crippen LogP contribution in [0.2, 0.25) is 0 Å². The van der Waals surface area contributed by atoms with Gasteiger partial charge in [0, 0.05) is 26.2 Å². The highest BCUT2D eigenvalue weighted by atomic mass is 16.6. The van der Waals surface area contributed by atoms with Gasteiger partial charge in [-0.2, -0.15) is 0 Å². The van der Waals surface area contributed by atoms with Gasteiger partial charge < -0.3 is 14.2 Å². The van der Waals surface area contributed by atoms with E-state index >= 15 is 0 Å². The van der Waals surface area contributed by atoms with Crippen molar-refractivity contribution in [2.45, 2.75) is 117 Å². The van der Waals surface area contributed by atoms with E-state index in [0.717, 1.165) is 44.9 Å². The van der Waals surface area contributed by atoms with Gasteiger partial charge in [-0.05, 0) is 93.8 Å². The van der Waals surface area contributed by atoms with Crippen molar-refractivity contribution in [1.82, 2.24) is 0 Å². The predicted octanol–water partition coefficient (Wildman–Crippen LogP) is 5.21. The van der Waals surface area contributed by atoms with E-state index in [2.05, 4.69) is 13.8 Å². The molecule has 0 amide bonds. The third-order valence-electron chi connectivity index (χ3n) is 10.5. The van der Waals surface area contributed by atoms with Crippen LogP contribution in [0.3, 0.4) is 0 Å². The Morgan fingerprint density at radius 1 is 0.818 bits per heavy atom. The summed E-state index contributed by atoms with van der Waals surface area (Å²) in [5.74, 6) is 1.51. The molecule has 186 valence electrons. The third-order valence-corrected chi connectivity index (χ3v) is 10.5. The molecule has 0 saturated heterocycles. The first kappa shape index (κ1) is 24.5. The van der Waals surface area contributed by atoms with Crippen molar-refractivity contribution in [3.8, 4) is 0 Å². The number of esters is 3. The minimum atomic E-state index is -0.759. The quantitative estimate of drug-likeness (QED) is 0.421. The van der Waals surface area contributed by atoms with Gasteiger partial charge in [0.2, 0.25) is 0 Å². The smallest absolute Gasteiger partial charge is 0.303 e. The van der Waals surface area contributed by atoms with Gasteiger partial charge in [-0.1, -0.05) is 13.8 Å². The monoisotopic (exact) mass is 462 g/mol. The van der Waals surface area contributed by atoms with E-state index in [0.29, 0.717) is 23.7 Å². The first-order chi connectivity index (χ1) is 15.4. The fourth-order valence-electron chi connectivity index (χ4n) is 9.11. The summed E-state index contributed by atoms with van der Waals surface area (Å²) in [6.07, 6.45) is 8.85. The molecule has 0 bridgehead atoms. The van der Waals surface area contributed by atoms with E-state index in [1.165, 1.54) is 33.6 Å². The lowest BCUT2D eigenvalue weighted by Gasteiger charge is -2.62. The Labute approximate surface area is 198 Å². The standard InChI is InChI=1S/C27H42O6/c1-16(31-17(2)28)27(33-19(4)30)14-11-24-22-8-7-20-15-21(32-18(3)29)9-12-25(20,5)23(22)10-13-26(24,27)6/h16,20-24H,7-15H2,1-6H3/t16-,20+,21+,22+,23-,24-,25+,26+,27-/m1/s1. The number of ether oxygens (including phenoxy) is 3. The van der Waals surface area contributed by atoms with E-state index in [9.17, 15) is 14.4 Å². The lowest BCUT2D eigenvalue weighted by molar-refractivity contribution is -0.219. The van der Waals surface area contributed by atoms with Crippen LogP contribution in [0.1, 0.15) is 99.3 Å². The highest BCUT2D eigenvalue weighted by Crippen LogP contribution is 2.69. The van der Waals surface area contributed by atoms with Crippen LogP contribution in [0.4, 0.5) is 0 Å². The van der Waals surface area contributed by atoms with Gasteiger partial charge >= 0.3 is 17.9 Å². The number of rotatable bonds is 4. The number of hydrogen-bond acceptors (Lipinski definition) is 6. The first-order valence-corrected chi connectivity index (χ1v) is 13.0. The number of carbonyl (C=O) groups excluding carboxylic acids is 3. The second kappa shape index (κ2) is 8.57. The Kier molecular flexibility index (Phi) is 6.37. The molecule has 4 rings (SSSR count). The molecule has 6 nitrogen and oxygen atoms in total. The van der Waals surface area contributed by atoms with Crippen LogP contribution in [0.5, 0.6) is 0 Å². The maximum absolute atomic E-state index is 12.2. The molecule has 4 fully saturated rings. The van der Waals surface area contributed by atoms with Crippen LogP contribution in [0.25, 0.3) is 0 Å². The summed E-state index contributed by atoms with van der Waals surface area (Å²) < 4.78 is 17.4. The van der Waals surface area contributed by atoms with Crippen LogP contribution in [-0.2, 0) is 28.6 Å². The highest BCUT2D eigenvalue weighted by molar-refractivity contribution is 5.68. The number of hydrogen-bond donors (Lipinski definition) is 0. The van der Waals surface area contributed by atoms with Gasteiger partial charge in [0.15, 0.2) is 5.60 Å². The molecule has 0 aromatic carbocycles. The summed E-state index contributed by atoms with van der Waals surface area (Å²) in [5, 5.41) is 0. The predicted molar refractivity (Wildman–Crippen MR) is 123 cm³/mol. The molecule has 0 spiro atoms. The van der Waals surface area contributed by atoms with E-state index in [-0.39, 0.29) is 34.8 Å². The average Bonchev–Trinajstić information content (AvgIpc) is 3.00. The number of fused-ring (bicyclic) bond motifs is 5. The molecule has 6 heteroatoms. The van der Waals surface area contributed by atoms with E-state index < -0.39 is 11.7 Å². The normalized spacial score (nSPS) is 45.1. The van der Waals surface area contributed by atoms with Crippen LogP contribution < -0.4 is 0 Å². The van der Waals surface area contributed by atoms with E-state index in [4.69, 9.17) is 14.2 Å².